The largest absolute Gasteiger partial charge is 0.0854 e. The van der Waals surface area contributed by atoms with Crippen molar-refractivity contribution in [3.8, 4) is 0 Å². The van der Waals surface area contributed by atoms with Crippen molar-refractivity contribution >= 4 is 0 Å². The van der Waals surface area contributed by atoms with E-state index in [1.165, 1.54) is 0 Å². The minimum atomic E-state index is 0.493. The Morgan fingerprint density at radius 3 is 2.12 bits per heavy atom. The van der Waals surface area contributed by atoms with E-state index in [1.54, 1.807) is 0 Å². The predicted octanol–water partition coefficient (Wildman–Crippen LogP) is 2.81. The standard InChI is InChI=1S/C8H15/c1-7(2)5-6-8(3)4/h5-7H,1-4H3/i6D. The van der Waals surface area contributed by atoms with E-state index in [2.05, 4.69) is 13.8 Å². The smallest absolute Gasteiger partial charge is 0.0579 e. The fourth-order valence-corrected chi connectivity index (χ4v) is 0.333. The van der Waals surface area contributed by atoms with Crippen molar-refractivity contribution in [2.45, 2.75) is 27.7 Å². The van der Waals surface area contributed by atoms with Crippen molar-refractivity contribution in [3.63, 3.8) is 0 Å². The molecule has 0 aromatic rings. The SMILES string of the molecule is [2H]C(=CC(C)C)[C](C)C. The van der Waals surface area contributed by atoms with Gasteiger partial charge in [0.2, 0.25) is 0 Å². The Morgan fingerprint density at radius 1 is 1.50 bits per heavy atom. The lowest BCUT2D eigenvalue weighted by atomic mass is 10.1. The lowest BCUT2D eigenvalue weighted by molar-refractivity contribution is 0.827. The molecule has 0 nitrogen and oxygen atoms in total. The average molecular weight is 112 g/mol. The zero-order valence-electron chi connectivity index (χ0n) is 7.15. The minimum absolute atomic E-state index is 0.493. The Morgan fingerprint density at radius 2 is 2.00 bits per heavy atom. The van der Waals surface area contributed by atoms with Gasteiger partial charge >= 0.3 is 0 Å². The molecule has 0 aromatic heterocycles. The van der Waals surface area contributed by atoms with E-state index in [9.17, 15) is 0 Å². The summed E-state index contributed by atoms with van der Waals surface area (Å²) in [5.74, 6) is 1.58. The van der Waals surface area contributed by atoms with Crippen LogP contribution >= 0.6 is 0 Å². The van der Waals surface area contributed by atoms with E-state index >= 15 is 0 Å². The van der Waals surface area contributed by atoms with E-state index in [0.717, 1.165) is 5.92 Å². The fourth-order valence-electron chi connectivity index (χ4n) is 0.333. The maximum absolute atomic E-state index is 7.38. The molecule has 0 fully saturated rings. The van der Waals surface area contributed by atoms with E-state index < -0.39 is 0 Å². The van der Waals surface area contributed by atoms with Crippen molar-refractivity contribution in [2.75, 3.05) is 0 Å². The lowest BCUT2D eigenvalue weighted by Crippen LogP contribution is -1.80. The molecule has 0 aliphatic heterocycles. The first-order chi connectivity index (χ1) is 4.04. The van der Waals surface area contributed by atoms with Crippen LogP contribution in [-0.2, 0) is 0 Å². The summed E-state index contributed by atoms with van der Waals surface area (Å²) in [6, 6.07) is 0.671. The molecule has 0 aromatic carbocycles. The molecule has 0 aliphatic rings. The summed E-state index contributed by atoms with van der Waals surface area (Å²) in [4.78, 5) is 0. The molecule has 0 atom stereocenters. The average Bonchev–Trinajstić information content (AvgIpc) is 1.63. The highest BCUT2D eigenvalue weighted by Crippen LogP contribution is 2.00. The highest BCUT2D eigenvalue weighted by Gasteiger charge is 1.85. The molecule has 0 heterocycles. The van der Waals surface area contributed by atoms with Crippen LogP contribution in [0.2, 0.25) is 0 Å². The summed E-state index contributed by atoms with van der Waals surface area (Å²) in [6.45, 7) is 8.08. The van der Waals surface area contributed by atoms with Crippen LogP contribution in [0.4, 0.5) is 0 Å². The van der Waals surface area contributed by atoms with Gasteiger partial charge in [0.15, 0.2) is 0 Å². The molecule has 0 heteroatoms. The molecule has 0 saturated carbocycles. The van der Waals surface area contributed by atoms with Crippen LogP contribution in [0.1, 0.15) is 29.1 Å². The predicted molar refractivity (Wildman–Crippen MR) is 38.6 cm³/mol. The number of allylic oxidation sites excluding steroid dienone is 2. The number of rotatable bonds is 2. The molecule has 0 unspecified atom stereocenters. The molecule has 0 amide bonds. The maximum atomic E-state index is 7.38. The van der Waals surface area contributed by atoms with Crippen LogP contribution < -0.4 is 0 Å². The fraction of sp³-hybridized carbons (Fsp3) is 0.625. The van der Waals surface area contributed by atoms with E-state index in [4.69, 9.17) is 1.37 Å². The normalized spacial score (nSPS) is 15.2. The lowest BCUT2D eigenvalue weighted by Gasteiger charge is -1.94. The summed E-state index contributed by atoms with van der Waals surface area (Å²) >= 11 is 0. The molecule has 0 bridgehead atoms. The minimum Gasteiger partial charge on any atom is -0.0854 e. The van der Waals surface area contributed by atoms with E-state index in [-0.39, 0.29) is 0 Å². The summed E-state index contributed by atoms with van der Waals surface area (Å²) in [7, 11) is 0. The Hall–Kier alpha value is -0.260. The summed E-state index contributed by atoms with van der Waals surface area (Å²) in [5, 5.41) is 0. The van der Waals surface area contributed by atoms with Crippen molar-refractivity contribution in [3.05, 3.63) is 18.0 Å². The highest BCUT2D eigenvalue weighted by atomic mass is 13.9. The van der Waals surface area contributed by atoms with Crippen LogP contribution in [0.15, 0.2) is 12.1 Å². The van der Waals surface area contributed by atoms with Gasteiger partial charge < -0.3 is 0 Å². The van der Waals surface area contributed by atoms with E-state index in [1.807, 2.05) is 19.9 Å². The summed E-state index contributed by atoms with van der Waals surface area (Å²) in [6.07, 6.45) is 1.95. The second kappa shape index (κ2) is 3.71. The Kier molecular flexibility index (Phi) is 2.72. The molecule has 0 saturated heterocycles. The Labute approximate surface area is 54.0 Å². The van der Waals surface area contributed by atoms with Gasteiger partial charge in [-0.15, -0.1) is 0 Å². The van der Waals surface area contributed by atoms with Gasteiger partial charge in [-0.3, -0.25) is 0 Å². The second-order valence-electron chi connectivity index (χ2n) is 2.56. The van der Waals surface area contributed by atoms with Crippen molar-refractivity contribution in [1.29, 1.82) is 0 Å². The van der Waals surface area contributed by atoms with Gasteiger partial charge in [-0.1, -0.05) is 39.8 Å². The summed E-state index contributed by atoms with van der Waals surface area (Å²) < 4.78 is 7.38. The zero-order valence-corrected chi connectivity index (χ0v) is 6.15. The second-order valence-corrected chi connectivity index (χ2v) is 2.56. The van der Waals surface area contributed by atoms with Crippen molar-refractivity contribution < 1.29 is 1.37 Å². The first-order valence-electron chi connectivity index (χ1n) is 3.53. The third-order valence-corrected chi connectivity index (χ3v) is 0.705. The third kappa shape index (κ3) is 5.74. The van der Waals surface area contributed by atoms with Gasteiger partial charge in [-0.25, -0.2) is 0 Å². The maximum Gasteiger partial charge on any atom is 0.0579 e. The quantitative estimate of drug-likeness (QED) is 0.515. The number of hydrogen-bond donors (Lipinski definition) is 0. The molecule has 47 valence electrons. The summed E-state index contributed by atoms with van der Waals surface area (Å²) in [5.41, 5.74) is 0. The molecule has 0 aliphatic carbocycles. The highest BCUT2D eigenvalue weighted by molar-refractivity contribution is 5.04. The molecule has 8 heavy (non-hydrogen) atoms. The van der Waals surface area contributed by atoms with Crippen molar-refractivity contribution in [1.82, 2.24) is 0 Å². The van der Waals surface area contributed by atoms with Gasteiger partial charge in [-0.05, 0) is 11.8 Å². The third-order valence-electron chi connectivity index (χ3n) is 0.705. The monoisotopic (exact) mass is 112 g/mol. The molecule has 0 N–H and O–H groups in total. The first-order valence-corrected chi connectivity index (χ1v) is 3.03. The van der Waals surface area contributed by atoms with Gasteiger partial charge in [0, 0.05) is 0 Å². The number of hydrogen-bond acceptors (Lipinski definition) is 0. The van der Waals surface area contributed by atoms with Crippen LogP contribution in [0.3, 0.4) is 0 Å². The zero-order chi connectivity index (χ0) is 7.44. The topological polar surface area (TPSA) is 0 Å². The molecule has 0 rings (SSSR count). The van der Waals surface area contributed by atoms with Gasteiger partial charge in [0.05, 0.1) is 1.37 Å². The van der Waals surface area contributed by atoms with Crippen LogP contribution in [-0.4, -0.2) is 0 Å². The van der Waals surface area contributed by atoms with E-state index in [0.29, 0.717) is 12.0 Å². The van der Waals surface area contributed by atoms with Crippen LogP contribution in [0, 0.1) is 11.8 Å². The molecule has 0 spiro atoms. The molecular weight excluding hydrogens is 96.1 g/mol. The Bertz CT molecular complexity index is 101. The van der Waals surface area contributed by atoms with Crippen LogP contribution in [0.25, 0.3) is 0 Å². The van der Waals surface area contributed by atoms with Crippen LogP contribution in [0.5, 0.6) is 0 Å². The van der Waals surface area contributed by atoms with Crippen molar-refractivity contribution in [2.24, 2.45) is 5.92 Å². The molecular formula is C8H15. The van der Waals surface area contributed by atoms with Gasteiger partial charge in [-0.2, -0.15) is 0 Å². The van der Waals surface area contributed by atoms with Gasteiger partial charge in [0.1, 0.15) is 0 Å². The molecule has 1 radical (unpaired) electrons. The van der Waals surface area contributed by atoms with Gasteiger partial charge in [0.25, 0.3) is 0 Å². The first kappa shape index (κ1) is 5.87. The Balaban J connectivity index is 3.84.